The van der Waals surface area contributed by atoms with Gasteiger partial charge in [-0.25, -0.2) is 9.89 Å². The summed E-state index contributed by atoms with van der Waals surface area (Å²) in [6.45, 7) is 2.44. The molecule has 1 amide bonds. The van der Waals surface area contributed by atoms with Gasteiger partial charge >= 0.3 is 5.69 Å². The van der Waals surface area contributed by atoms with Gasteiger partial charge in [0.25, 0.3) is 0 Å². The van der Waals surface area contributed by atoms with Crippen molar-refractivity contribution < 1.29 is 4.79 Å². The molecule has 1 aromatic rings. The minimum Gasteiger partial charge on any atom is -0.354 e. The standard InChI is InChI=1S/C15H27N5O2/c1-11(19(2)12-7-5-4-6-8-12)14(21)16-10-9-13-17-18-15(22)20(13)3/h11-12H,4-10H2,1-3H3,(H,16,21)(H,18,22). The first-order valence-corrected chi connectivity index (χ1v) is 8.10. The fraction of sp³-hybridized carbons (Fsp3) is 0.800. The van der Waals surface area contributed by atoms with Crippen LogP contribution in [0.25, 0.3) is 0 Å². The van der Waals surface area contributed by atoms with E-state index in [0.717, 1.165) is 0 Å². The molecule has 2 rings (SSSR count). The molecular formula is C15H27N5O2. The summed E-state index contributed by atoms with van der Waals surface area (Å²) < 4.78 is 1.46. The Kier molecular flexibility index (Phi) is 5.76. The smallest absolute Gasteiger partial charge is 0.343 e. The van der Waals surface area contributed by atoms with Gasteiger partial charge in [-0.2, -0.15) is 5.10 Å². The minimum atomic E-state index is -0.230. The highest BCUT2D eigenvalue weighted by Gasteiger charge is 2.25. The molecule has 1 saturated carbocycles. The van der Waals surface area contributed by atoms with Gasteiger partial charge in [0.15, 0.2) is 0 Å². The lowest BCUT2D eigenvalue weighted by atomic mass is 9.93. The van der Waals surface area contributed by atoms with Gasteiger partial charge in [0.05, 0.1) is 6.04 Å². The Morgan fingerprint density at radius 1 is 1.45 bits per heavy atom. The lowest BCUT2D eigenvalue weighted by Crippen LogP contribution is -2.48. The summed E-state index contributed by atoms with van der Waals surface area (Å²) in [5.74, 6) is 0.687. The monoisotopic (exact) mass is 309 g/mol. The van der Waals surface area contributed by atoms with Crippen LogP contribution >= 0.6 is 0 Å². The Morgan fingerprint density at radius 2 is 2.14 bits per heavy atom. The van der Waals surface area contributed by atoms with Gasteiger partial charge in [-0.15, -0.1) is 0 Å². The molecule has 0 aliphatic heterocycles. The predicted octanol–water partition coefficient (Wildman–Crippen LogP) is 0.420. The van der Waals surface area contributed by atoms with E-state index in [-0.39, 0.29) is 17.6 Å². The molecule has 2 N–H and O–H groups in total. The third kappa shape index (κ3) is 3.97. The van der Waals surface area contributed by atoms with Crippen LogP contribution in [0.4, 0.5) is 0 Å². The predicted molar refractivity (Wildman–Crippen MR) is 84.6 cm³/mol. The molecule has 22 heavy (non-hydrogen) atoms. The van der Waals surface area contributed by atoms with Crippen molar-refractivity contribution in [3.63, 3.8) is 0 Å². The number of H-pyrrole nitrogens is 1. The maximum Gasteiger partial charge on any atom is 0.343 e. The summed E-state index contributed by atoms with van der Waals surface area (Å²) >= 11 is 0. The van der Waals surface area contributed by atoms with Gasteiger partial charge in [0.1, 0.15) is 5.82 Å². The number of amides is 1. The number of carbonyl (C=O) groups excluding carboxylic acids is 1. The topological polar surface area (TPSA) is 83.0 Å². The van der Waals surface area contributed by atoms with E-state index in [1.165, 1.54) is 36.7 Å². The van der Waals surface area contributed by atoms with E-state index in [1.54, 1.807) is 7.05 Å². The van der Waals surface area contributed by atoms with E-state index >= 15 is 0 Å². The van der Waals surface area contributed by atoms with Crippen LogP contribution in [0.1, 0.15) is 44.9 Å². The molecule has 1 aliphatic rings. The Bertz CT molecular complexity index is 544. The molecule has 1 unspecified atom stereocenters. The van der Waals surface area contributed by atoms with Gasteiger partial charge in [0.2, 0.25) is 5.91 Å². The quantitative estimate of drug-likeness (QED) is 0.798. The van der Waals surface area contributed by atoms with Crippen LogP contribution < -0.4 is 11.0 Å². The van der Waals surface area contributed by atoms with Crippen LogP contribution in [0, 0.1) is 0 Å². The Hall–Kier alpha value is -1.63. The molecule has 1 atom stereocenters. The molecule has 0 bridgehead atoms. The third-order valence-corrected chi connectivity index (χ3v) is 4.76. The average Bonchev–Trinajstić information content (AvgIpc) is 2.86. The van der Waals surface area contributed by atoms with E-state index in [4.69, 9.17) is 0 Å². The maximum atomic E-state index is 12.3. The molecule has 0 radical (unpaired) electrons. The van der Waals surface area contributed by atoms with Crippen molar-refractivity contribution in [3.05, 3.63) is 16.3 Å². The Labute approximate surface area is 131 Å². The first-order chi connectivity index (χ1) is 10.5. The van der Waals surface area contributed by atoms with E-state index < -0.39 is 0 Å². The number of hydrogen-bond donors (Lipinski definition) is 2. The zero-order valence-electron chi connectivity index (χ0n) is 13.8. The lowest BCUT2D eigenvalue weighted by Gasteiger charge is -2.34. The lowest BCUT2D eigenvalue weighted by molar-refractivity contribution is -0.126. The number of nitrogens with zero attached hydrogens (tertiary/aromatic N) is 3. The average molecular weight is 309 g/mol. The van der Waals surface area contributed by atoms with Gasteiger partial charge in [-0.3, -0.25) is 14.3 Å². The highest BCUT2D eigenvalue weighted by atomic mass is 16.2. The number of likely N-dealkylation sites (N-methyl/N-ethyl adjacent to an activating group) is 1. The highest BCUT2D eigenvalue weighted by molar-refractivity contribution is 5.81. The largest absolute Gasteiger partial charge is 0.354 e. The summed E-state index contributed by atoms with van der Waals surface area (Å²) in [6.07, 6.45) is 6.74. The zero-order chi connectivity index (χ0) is 16.1. The van der Waals surface area contributed by atoms with Crippen LogP contribution in [-0.4, -0.2) is 51.2 Å². The molecule has 124 valence electrons. The van der Waals surface area contributed by atoms with Crippen LogP contribution in [0.15, 0.2) is 4.79 Å². The molecule has 1 heterocycles. The number of nitrogens with one attached hydrogen (secondary N) is 2. The molecule has 0 saturated heterocycles. The van der Waals surface area contributed by atoms with Gasteiger partial charge in [-0.05, 0) is 26.8 Å². The molecular weight excluding hydrogens is 282 g/mol. The second kappa shape index (κ2) is 7.58. The number of carbonyl (C=O) groups is 1. The van der Waals surface area contributed by atoms with Crippen LogP contribution in [-0.2, 0) is 18.3 Å². The summed E-state index contributed by atoms with van der Waals surface area (Å²) in [7, 11) is 3.71. The van der Waals surface area contributed by atoms with Crippen molar-refractivity contribution in [2.45, 2.75) is 57.5 Å². The second-order valence-electron chi connectivity index (χ2n) is 6.18. The first kappa shape index (κ1) is 16.7. The third-order valence-electron chi connectivity index (χ3n) is 4.76. The van der Waals surface area contributed by atoms with Crippen molar-refractivity contribution in [1.82, 2.24) is 25.0 Å². The Morgan fingerprint density at radius 3 is 2.73 bits per heavy atom. The van der Waals surface area contributed by atoms with Crippen molar-refractivity contribution in [2.24, 2.45) is 7.05 Å². The minimum absolute atomic E-state index is 0.0357. The summed E-state index contributed by atoms with van der Waals surface area (Å²) in [4.78, 5) is 25.7. The number of rotatable bonds is 6. The molecule has 0 aromatic carbocycles. The van der Waals surface area contributed by atoms with E-state index in [1.807, 2.05) is 14.0 Å². The van der Waals surface area contributed by atoms with Gasteiger partial charge in [0, 0.05) is 26.1 Å². The van der Waals surface area contributed by atoms with Gasteiger partial charge < -0.3 is 5.32 Å². The van der Waals surface area contributed by atoms with Crippen molar-refractivity contribution >= 4 is 5.91 Å². The van der Waals surface area contributed by atoms with E-state index in [9.17, 15) is 9.59 Å². The van der Waals surface area contributed by atoms with Gasteiger partial charge in [-0.1, -0.05) is 19.3 Å². The SMILES string of the molecule is CC(C(=O)NCCc1n[nH]c(=O)n1C)N(C)C1CCCCC1. The molecule has 1 fully saturated rings. The Balaban J connectivity index is 1.78. The normalized spacial score (nSPS) is 17.6. The summed E-state index contributed by atoms with van der Waals surface area (Å²) in [5.41, 5.74) is -0.230. The van der Waals surface area contributed by atoms with Crippen LogP contribution in [0.5, 0.6) is 0 Å². The highest BCUT2D eigenvalue weighted by Crippen LogP contribution is 2.22. The second-order valence-corrected chi connectivity index (χ2v) is 6.18. The fourth-order valence-electron chi connectivity index (χ4n) is 3.04. The molecule has 7 heteroatoms. The first-order valence-electron chi connectivity index (χ1n) is 8.10. The fourth-order valence-corrected chi connectivity index (χ4v) is 3.04. The van der Waals surface area contributed by atoms with Crippen LogP contribution in [0.2, 0.25) is 0 Å². The number of aromatic nitrogens is 3. The number of aromatic amines is 1. The summed E-state index contributed by atoms with van der Waals surface area (Å²) in [5, 5.41) is 9.26. The summed E-state index contributed by atoms with van der Waals surface area (Å²) in [6, 6.07) is 0.382. The zero-order valence-corrected chi connectivity index (χ0v) is 13.8. The van der Waals surface area contributed by atoms with E-state index in [2.05, 4.69) is 20.4 Å². The molecule has 1 aliphatic carbocycles. The maximum absolute atomic E-state index is 12.3. The van der Waals surface area contributed by atoms with Crippen LogP contribution in [0.3, 0.4) is 0 Å². The molecule has 1 aromatic heterocycles. The van der Waals surface area contributed by atoms with E-state index in [0.29, 0.717) is 24.8 Å². The molecule has 7 nitrogen and oxygen atoms in total. The molecule has 0 spiro atoms. The number of hydrogen-bond acceptors (Lipinski definition) is 4. The van der Waals surface area contributed by atoms with Crippen molar-refractivity contribution in [2.75, 3.05) is 13.6 Å². The van der Waals surface area contributed by atoms with Crippen molar-refractivity contribution in [1.29, 1.82) is 0 Å². The van der Waals surface area contributed by atoms with Crippen molar-refractivity contribution in [3.8, 4) is 0 Å².